The first kappa shape index (κ1) is 14.0. The van der Waals surface area contributed by atoms with Crippen molar-refractivity contribution in [1.29, 1.82) is 0 Å². The quantitative estimate of drug-likeness (QED) is 0.674. The Hall–Kier alpha value is -1.06. The van der Waals surface area contributed by atoms with Crippen molar-refractivity contribution in [2.24, 2.45) is 0 Å². The Morgan fingerprint density at radius 2 is 2.24 bits per heavy atom. The fourth-order valence-corrected chi connectivity index (χ4v) is 1.85. The molecular formula is C12H15Cl2N3. The van der Waals surface area contributed by atoms with Crippen molar-refractivity contribution < 1.29 is 17.0 Å². The van der Waals surface area contributed by atoms with Gasteiger partial charge in [-0.15, -0.1) is 4.68 Å². The standard InChI is InChI=1S/C12H15ClN3.ClH/c1-2-6-16-10-15(9-14-16)8-11-4-3-5-12(13)7-11;/h3-5,7,9-10H,2,6,8H2,1H3;1H/q+1;/p-1. The Balaban J connectivity index is 0.00000144. The molecular weight excluding hydrogens is 257 g/mol. The van der Waals surface area contributed by atoms with E-state index >= 15 is 0 Å². The smallest absolute Gasteiger partial charge is 0.265 e. The van der Waals surface area contributed by atoms with Gasteiger partial charge in [-0.05, 0) is 24.1 Å². The topological polar surface area (TPSA) is 21.7 Å². The molecule has 0 bridgehead atoms. The van der Waals surface area contributed by atoms with Gasteiger partial charge in [0.2, 0.25) is 6.33 Å². The zero-order valence-corrected chi connectivity index (χ0v) is 11.2. The van der Waals surface area contributed by atoms with Gasteiger partial charge in [-0.1, -0.05) is 30.7 Å². The van der Waals surface area contributed by atoms with Crippen molar-refractivity contribution in [1.82, 2.24) is 9.78 Å². The first-order valence-corrected chi connectivity index (χ1v) is 5.81. The molecule has 1 heterocycles. The summed E-state index contributed by atoms with van der Waals surface area (Å²) in [6.07, 6.45) is 4.96. The van der Waals surface area contributed by atoms with Crippen molar-refractivity contribution in [3.05, 3.63) is 47.5 Å². The van der Waals surface area contributed by atoms with Gasteiger partial charge in [0.25, 0.3) is 6.33 Å². The van der Waals surface area contributed by atoms with Crippen LogP contribution in [-0.4, -0.2) is 9.78 Å². The maximum Gasteiger partial charge on any atom is 0.265 e. The lowest BCUT2D eigenvalue weighted by atomic mass is 10.2. The second-order valence-corrected chi connectivity index (χ2v) is 4.25. The molecule has 0 spiro atoms. The SMILES string of the molecule is CCCn1c[n+](Cc2cccc(Cl)c2)cn1.[Cl-]. The van der Waals surface area contributed by atoms with Crippen LogP contribution >= 0.6 is 11.6 Å². The van der Waals surface area contributed by atoms with Crippen molar-refractivity contribution in [3.8, 4) is 0 Å². The van der Waals surface area contributed by atoms with Crippen LogP contribution in [0.2, 0.25) is 5.02 Å². The largest absolute Gasteiger partial charge is 1.00 e. The molecule has 0 aliphatic heterocycles. The Morgan fingerprint density at radius 3 is 2.94 bits per heavy atom. The number of hydrogen-bond donors (Lipinski definition) is 0. The first-order valence-electron chi connectivity index (χ1n) is 5.44. The highest BCUT2D eigenvalue weighted by Crippen LogP contribution is 2.09. The molecule has 17 heavy (non-hydrogen) atoms. The average molecular weight is 272 g/mol. The number of halogens is 2. The molecule has 0 saturated heterocycles. The molecule has 0 unspecified atom stereocenters. The maximum atomic E-state index is 5.94. The lowest BCUT2D eigenvalue weighted by Gasteiger charge is -1.98. The van der Waals surface area contributed by atoms with Crippen LogP contribution in [-0.2, 0) is 13.1 Å². The second-order valence-electron chi connectivity index (χ2n) is 3.81. The molecule has 1 aromatic carbocycles. The predicted octanol–water partition coefficient (Wildman–Crippen LogP) is -0.714. The minimum Gasteiger partial charge on any atom is -1.00 e. The summed E-state index contributed by atoms with van der Waals surface area (Å²) in [5, 5.41) is 5.05. The summed E-state index contributed by atoms with van der Waals surface area (Å²) < 4.78 is 4.01. The molecule has 0 aliphatic rings. The van der Waals surface area contributed by atoms with Gasteiger partial charge >= 0.3 is 0 Å². The summed E-state index contributed by atoms with van der Waals surface area (Å²) in [5.41, 5.74) is 1.19. The van der Waals surface area contributed by atoms with Gasteiger partial charge in [0, 0.05) is 10.1 Å². The fourth-order valence-electron chi connectivity index (χ4n) is 1.64. The summed E-state index contributed by atoms with van der Waals surface area (Å²) >= 11 is 5.94. The third-order valence-electron chi connectivity index (χ3n) is 2.34. The van der Waals surface area contributed by atoms with Gasteiger partial charge in [0.1, 0.15) is 6.54 Å². The van der Waals surface area contributed by atoms with E-state index in [1.807, 2.05) is 35.5 Å². The third kappa shape index (κ3) is 4.02. The first-order chi connectivity index (χ1) is 7.78. The monoisotopic (exact) mass is 271 g/mol. The molecule has 0 amide bonds. The van der Waals surface area contributed by atoms with Gasteiger partial charge in [-0.25, -0.2) is 4.57 Å². The molecule has 0 N–H and O–H groups in total. The van der Waals surface area contributed by atoms with E-state index in [2.05, 4.69) is 22.7 Å². The number of aryl methyl sites for hydroxylation is 1. The summed E-state index contributed by atoms with van der Waals surface area (Å²) in [6.45, 7) is 3.91. The zero-order chi connectivity index (χ0) is 11.4. The van der Waals surface area contributed by atoms with E-state index in [4.69, 9.17) is 11.6 Å². The summed E-state index contributed by atoms with van der Waals surface area (Å²) in [4.78, 5) is 0. The molecule has 2 rings (SSSR count). The molecule has 0 aliphatic carbocycles. The molecule has 0 saturated carbocycles. The highest BCUT2D eigenvalue weighted by molar-refractivity contribution is 6.30. The van der Waals surface area contributed by atoms with Crippen LogP contribution in [0.15, 0.2) is 36.9 Å². The van der Waals surface area contributed by atoms with E-state index in [9.17, 15) is 0 Å². The Bertz CT molecular complexity index is 468. The molecule has 5 heteroatoms. The maximum absolute atomic E-state index is 5.94. The highest BCUT2D eigenvalue weighted by Gasteiger charge is 2.05. The minimum atomic E-state index is 0. The van der Waals surface area contributed by atoms with E-state index in [1.54, 1.807) is 0 Å². The summed E-state index contributed by atoms with van der Waals surface area (Å²) in [6, 6.07) is 7.90. The van der Waals surface area contributed by atoms with Gasteiger partial charge in [0.15, 0.2) is 0 Å². The van der Waals surface area contributed by atoms with E-state index in [-0.39, 0.29) is 12.4 Å². The van der Waals surface area contributed by atoms with Crippen LogP contribution in [0, 0.1) is 0 Å². The number of hydrogen-bond acceptors (Lipinski definition) is 1. The zero-order valence-electron chi connectivity index (χ0n) is 9.68. The van der Waals surface area contributed by atoms with Crippen LogP contribution in [0.25, 0.3) is 0 Å². The van der Waals surface area contributed by atoms with Crippen molar-refractivity contribution in [2.75, 3.05) is 0 Å². The number of benzene rings is 1. The Morgan fingerprint density at radius 1 is 1.41 bits per heavy atom. The number of nitrogens with zero attached hydrogens (tertiary/aromatic N) is 3. The van der Waals surface area contributed by atoms with Crippen molar-refractivity contribution >= 4 is 11.6 Å². The van der Waals surface area contributed by atoms with E-state index in [0.29, 0.717) is 0 Å². The van der Waals surface area contributed by atoms with Crippen LogP contribution in [0.4, 0.5) is 0 Å². The molecule has 92 valence electrons. The summed E-state index contributed by atoms with van der Waals surface area (Å²) in [7, 11) is 0. The van der Waals surface area contributed by atoms with Crippen LogP contribution in [0.5, 0.6) is 0 Å². The molecule has 0 radical (unpaired) electrons. The lowest BCUT2D eigenvalue weighted by Crippen LogP contribution is -3.00. The number of aromatic nitrogens is 3. The van der Waals surface area contributed by atoms with E-state index < -0.39 is 0 Å². The van der Waals surface area contributed by atoms with Gasteiger partial charge in [0.05, 0.1) is 6.54 Å². The Labute approximate surface area is 112 Å². The van der Waals surface area contributed by atoms with Gasteiger partial charge < -0.3 is 12.4 Å². The molecule has 2 aromatic rings. The van der Waals surface area contributed by atoms with E-state index in [0.717, 1.165) is 24.5 Å². The van der Waals surface area contributed by atoms with Gasteiger partial charge in [-0.3, -0.25) is 0 Å². The van der Waals surface area contributed by atoms with Gasteiger partial charge in [-0.2, -0.15) is 0 Å². The van der Waals surface area contributed by atoms with Crippen molar-refractivity contribution in [3.63, 3.8) is 0 Å². The highest BCUT2D eigenvalue weighted by atomic mass is 35.5. The third-order valence-corrected chi connectivity index (χ3v) is 2.57. The van der Waals surface area contributed by atoms with Crippen LogP contribution < -0.4 is 17.0 Å². The van der Waals surface area contributed by atoms with Crippen LogP contribution in [0.1, 0.15) is 18.9 Å². The minimum absolute atomic E-state index is 0. The number of rotatable bonds is 4. The second kappa shape index (κ2) is 6.62. The van der Waals surface area contributed by atoms with Crippen LogP contribution in [0.3, 0.4) is 0 Å². The fraction of sp³-hybridized carbons (Fsp3) is 0.333. The molecule has 0 atom stereocenters. The molecule has 0 fully saturated rings. The van der Waals surface area contributed by atoms with E-state index in [1.165, 1.54) is 5.56 Å². The predicted molar refractivity (Wildman–Crippen MR) is 63.3 cm³/mol. The normalized spacial score (nSPS) is 10.0. The van der Waals surface area contributed by atoms with Crippen molar-refractivity contribution in [2.45, 2.75) is 26.4 Å². The lowest BCUT2D eigenvalue weighted by molar-refractivity contribution is -0.689. The average Bonchev–Trinajstić information content (AvgIpc) is 2.66. The Kier molecular flexibility index (Phi) is 5.45. The summed E-state index contributed by atoms with van der Waals surface area (Å²) in [5.74, 6) is 0. The molecule has 3 nitrogen and oxygen atoms in total. The molecule has 1 aromatic heterocycles.